The lowest BCUT2D eigenvalue weighted by Crippen LogP contribution is -2.45. The summed E-state index contributed by atoms with van der Waals surface area (Å²) in [6.45, 7) is -0.0551. The molecule has 3 aromatic carbocycles. The molecule has 3 aromatic rings. The van der Waals surface area contributed by atoms with Crippen LogP contribution in [0.2, 0.25) is 0 Å². The molecule has 1 heterocycles. The van der Waals surface area contributed by atoms with Crippen molar-refractivity contribution in [3.05, 3.63) is 101 Å². The van der Waals surface area contributed by atoms with Gasteiger partial charge in [-0.25, -0.2) is 14.2 Å². The molecule has 0 spiro atoms. The Labute approximate surface area is 208 Å². The summed E-state index contributed by atoms with van der Waals surface area (Å²) in [5.41, 5.74) is 2.88. The Bertz CT molecular complexity index is 1330. The minimum absolute atomic E-state index is 0.0551. The molecule has 1 aliphatic rings. The van der Waals surface area contributed by atoms with E-state index < -0.39 is 29.8 Å². The Morgan fingerprint density at radius 2 is 1.83 bits per heavy atom. The minimum atomic E-state index is -0.943. The second-order valence-corrected chi connectivity index (χ2v) is 8.33. The van der Waals surface area contributed by atoms with Gasteiger partial charge < -0.3 is 14.8 Å². The second-order valence-electron chi connectivity index (χ2n) is 8.33. The molecule has 0 saturated heterocycles. The molecule has 1 N–H and O–H groups in total. The largest absolute Gasteiger partial charge is 0.497 e. The molecular weight excluding hydrogens is 461 g/mol. The number of amides is 2. The van der Waals surface area contributed by atoms with Gasteiger partial charge in [0.1, 0.15) is 24.1 Å². The molecule has 2 atom stereocenters. The van der Waals surface area contributed by atoms with Crippen LogP contribution in [0.3, 0.4) is 0 Å². The van der Waals surface area contributed by atoms with E-state index in [0.29, 0.717) is 35.2 Å². The molecule has 8 heteroatoms. The fourth-order valence-electron chi connectivity index (χ4n) is 4.14. The van der Waals surface area contributed by atoms with Gasteiger partial charge in [-0.05, 0) is 65.9 Å². The summed E-state index contributed by atoms with van der Waals surface area (Å²) in [5, 5.41) is 11.8. The van der Waals surface area contributed by atoms with Crippen LogP contribution in [0.25, 0.3) is 0 Å². The molecule has 0 aliphatic carbocycles. The number of carbonyl (C=O) groups is 2. The number of nitrogens with one attached hydrogen (secondary N) is 1. The monoisotopic (exact) mass is 485 g/mol. The van der Waals surface area contributed by atoms with Gasteiger partial charge in [0.05, 0.1) is 24.8 Å². The van der Waals surface area contributed by atoms with Crippen LogP contribution in [0, 0.1) is 23.1 Å². The maximum absolute atomic E-state index is 14.0. The summed E-state index contributed by atoms with van der Waals surface area (Å²) in [6.07, 6.45) is 0.856. The van der Waals surface area contributed by atoms with Crippen molar-refractivity contribution in [1.29, 1.82) is 5.26 Å². The Morgan fingerprint density at radius 1 is 1.06 bits per heavy atom. The first-order valence-electron chi connectivity index (χ1n) is 11.4. The van der Waals surface area contributed by atoms with Crippen LogP contribution in [0.1, 0.15) is 34.7 Å². The minimum Gasteiger partial charge on any atom is -0.497 e. The quantitative estimate of drug-likeness (QED) is 0.457. The third kappa shape index (κ3) is 5.94. The van der Waals surface area contributed by atoms with Crippen molar-refractivity contribution in [2.45, 2.75) is 25.5 Å². The van der Waals surface area contributed by atoms with Gasteiger partial charge in [0.25, 0.3) is 0 Å². The van der Waals surface area contributed by atoms with Crippen LogP contribution >= 0.6 is 0 Å². The predicted molar refractivity (Wildman–Crippen MR) is 131 cm³/mol. The number of urea groups is 1. The molecule has 0 radical (unpaired) electrons. The molecule has 7 nitrogen and oxygen atoms in total. The van der Waals surface area contributed by atoms with E-state index >= 15 is 0 Å². The van der Waals surface area contributed by atoms with Gasteiger partial charge in [0.2, 0.25) is 0 Å². The molecule has 0 aromatic heterocycles. The van der Waals surface area contributed by atoms with E-state index in [1.807, 2.05) is 24.3 Å². The van der Waals surface area contributed by atoms with Gasteiger partial charge in [-0.2, -0.15) is 5.26 Å². The highest BCUT2D eigenvalue weighted by Crippen LogP contribution is 2.30. The first-order chi connectivity index (χ1) is 17.5. The lowest BCUT2D eigenvalue weighted by Gasteiger charge is -2.31. The molecular formula is C28H24FN3O4. The van der Waals surface area contributed by atoms with Gasteiger partial charge in [-0.15, -0.1) is 0 Å². The van der Waals surface area contributed by atoms with Crippen LogP contribution in [0.4, 0.5) is 9.18 Å². The number of aryl methyl sites for hydroxylation is 1. The molecule has 0 bridgehead atoms. The molecule has 36 heavy (non-hydrogen) atoms. The number of rotatable bonds is 8. The maximum atomic E-state index is 14.0. The smallest absolute Gasteiger partial charge is 0.341 e. The molecule has 0 fully saturated rings. The van der Waals surface area contributed by atoms with E-state index in [-0.39, 0.29) is 6.61 Å². The highest BCUT2D eigenvalue weighted by atomic mass is 19.1. The number of hydrogen-bond acceptors (Lipinski definition) is 5. The Balaban J connectivity index is 1.59. The molecule has 2 unspecified atom stereocenters. The number of ether oxygens (including phenoxy) is 2. The summed E-state index contributed by atoms with van der Waals surface area (Å²) in [5.74, 6) is -1.30. The zero-order valence-electron chi connectivity index (χ0n) is 19.6. The van der Waals surface area contributed by atoms with Crippen LogP contribution in [-0.4, -0.2) is 24.8 Å². The van der Waals surface area contributed by atoms with Crippen LogP contribution in [-0.2, 0) is 22.6 Å². The number of nitriles is 1. The lowest BCUT2D eigenvalue weighted by molar-refractivity contribution is -0.148. The van der Waals surface area contributed by atoms with E-state index in [1.54, 1.807) is 37.4 Å². The van der Waals surface area contributed by atoms with Crippen molar-refractivity contribution < 1.29 is 23.5 Å². The number of nitrogens with zero attached hydrogens (tertiary/aromatic N) is 2. The lowest BCUT2D eigenvalue weighted by atomic mass is 9.85. The molecule has 182 valence electrons. The number of hydrogen-bond donors (Lipinski definition) is 1. The average Bonchev–Trinajstić information content (AvgIpc) is 2.90. The van der Waals surface area contributed by atoms with Gasteiger partial charge >= 0.3 is 12.0 Å². The number of benzene rings is 3. The zero-order valence-corrected chi connectivity index (χ0v) is 19.6. The topological polar surface area (TPSA) is 101 Å². The molecule has 1 aliphatic heterocycles. The summed E-state index contributed by atoms with van der Waals surface area (Å²) in [6, 6.07) is 20.6. The number of halogens is 1. The number of aliphatic imine (C=N–C) groups is 1. The number of carbonyl (C=O) groups excluding carboxylic acids is 2. The first-order valence-corrected chi connectivity index (χ1v) is 11.4. The van der Waals surface area contributed by atoms with Gasteiger partial charge in [0, 0.05) is 5.71 Å². The summed E-state index contributed by atoms with van der Waals surface area (Å²) < 4.78 is 24.8. The standard InChI is InChI=1S/C28H24FN3O4/c1-35-23-11-8-18(9-12-23)10-13-24-25(27(33)36-17-20-5-2-4-19(14-20)16-30)26(32-28(34)31-24)21-6-3-7-22(29)15-21/h2-9,11-12,14-15,25-26H,10,13,17H2,1H3,(H,32,34). The Morgan fingerprint density at radius 3 is 2.56 bits per heavy atom. The molecule has 0 saturated carbocycles. The predicted octanol–water partition coefficient (Wildman–Crippen LogP) is 4.90. The zero-order chi connectivity index (χ0) is 25.5. The fraction of sp³-hybridized carbons (Fsp3) is 0.214. The van der Waals surface area contributed by atoms with E-state index in [0.717, 1.165) is 11.3 Å². The SMILES string of the molecule is COc1ccc(CCC2=NC(=O)NC(c3cccc(F)c3)C2C(=O)OCc2cccc(C#N)c2)cc1. The number of methoxy groups -OCH3 is 1. The Kier molecular flexibility index (Phi) is 7.71. The van der Waals surface area contributed by atoms with E-state index in [1.165, 1.54) is 18.2 Å². The summed E-state index contributed by atoms with van der Waals surface area (Å²) in [7, 11) is 1.59. The summed E-state index contributed by atoms with van der Waals surface area (Å²) in [4.78, 5) is 30.0. The van der Waals surface area contributed by atoms with Crippen LogP contribution < -0.4 is 10.1 Å². The maximum Gasteiger partial charge on any atom is 0.341 e. The van der Waals surface area contributed by atoms with Crippen molar-refractivity contribution in [3.63, 3.8) is 0 Å². The Hall–Kier alpha value is -4.51. The van der Waals surface area contributed by atoms with Crippen molar-refractivity contribution in [1.82, 2.24) is 5.32 Å². The van der Waals surface area contributed by atoms with Gasteiger partial charge in [-0.1, -0.05) is 36.4 Å². The number of esters is 1. The van der Waals surface area contributed by atoms with Crippen LogP contribution in [0.15, 0.2) is 77.8 Å². The van der Waals surface area contributed by atoms with Crippen molar-refractivity contribution in [3.8, 4) is 11.8 Å². The van der Waals surface area contributed by atoms with Crippen molar-refractivity contribution >= 4 is 17.7 Å². The fourth-order valence-corrected chi connectivity index (χ4v) is 4.14. The third-order valence-corrected chi connectivity index (χ3v) is 5.94. The van der Waals surface area contributed by atoms with E-state index in [2.05, 4.69) is 16.4 Å². The molecule has 2 amide bonds. The van der Waals surface area contributed by atoms with Crippen LogP contribution in [0.5, 0.6) is 5.75 Å². The summed E-state index contributed by atoms with van der Waals surface area (Å²) >= 11 is 0. The third-order valence-electron chi connectivity index (χ3n) is 5.94. The normalized spacial score (nSPS) is 16.9. The van der Waals surface area contributed by atoms with Crippen molar-refractivity contribution in [2.24, 2.45) is 10.9 Å². The van der Waals surface area contributed by atoms with Gasteiger partial charge in [-0.3, -0.25) is 4.79 Å². The highest BCUT2D eigenvalue weighted by molar-refractivity contribution is 6.09. The van der Waals surface area contributed by atoms with Crippen molar-refractivity contribution in [2.75, 3.05) is 7.11 Å². The van der Waals surface area contributed by atoms with E-state index in [9.17, 15) is 14.0 Å². The van der Waals surface area contributed by atoms with E-state index in [4.69, 9.17) is 14.7 Å². The van der Waals surface area contributed by atoms with Gasteiger partial charge in [0.15, 0.2) is 0 Å². The second kappa shape index (κ2) is 11.3. The highest BCUT2D eigenvalue weighted by Gasteiger charge is 2.39. The first kappa shape index (κ1) is 24.6. The molecule has 4 rings (SSSR count). The average molecular weight is 486 g/mol.